The normalized spacial score (nSPS) is 18.9. The third-order valence-electron chi connectivity index (χ3n) is 3.84. The molecule has 1 saturated heterocycles. The van der Waals surface area contributed by atoms with Crippen molar-refractivity contribution in [2.45, 2.75) is 31.7 Å². The van der Waals surface area contributed by atoms with Crippen LogP contribution in [0.1, 0.15) is 25.0 Å². The maximum Gasteiger partial charge on any atom is 0.236 e. The van der Waals surface area contributed by atoms with Crippen molar-refractivity contribution in [3.8, 4) is 10.8 Å². The van der Waals surface area contributed by atoms with Gasteiger partial charge in [-0.05, 0) is 30.7 Å². The highest BCUT2D eigenvalue weighted by molar-refractivity contribution is 7.13. The number of piperidine rings is 1. The van der Waals surface area contributed by atoms with E-state index >= 15 is 0 Å². The molecule has 0 aliphatic carbocycles. The van der Waals surface area contributed by atoms with Crippen molar-refractivity contribution in [3.63, 3.8) is 0 Å². The van der Waals surface area contributed by atoms with E-state index in [0.717, 1.165) is 30.7 Å². The van der Waals surface area contributed by atoms with Crippen molar-refractivity contribution in [1.29, 1.82) is 0 Å². The number of likely N-dealkylation sites (tertiary alicyclic amines) is 1. The molecule has 6 heteroatoms. The zero-order chi connectivity index (χ0) is 14.7. The average Bonchev–Trinajstić information content (AvgIpc) is 3.17. The number of nitrogens with zero attached hydrogens (tertiary/aromatic N) is 2. The van der Waals surface area contributed by atoms with Gasteiger partial charge in [-0.1, -0.05) is 6.07 Å². The number of hydrogen-bond donors (Lipinski definition) is 1. The number of oxazole rings is 1. The van der Waals surface area contributed by atoms with E-state index in [1.807, 2.05) is 22.4 Å². The van der Waals surface area contributed by atoms with Crippen LogP contribution in [-0.4, -0.2) is 34.9 Å². The molecule has 1 aliphatic rings. The lowest BCUT2D eigenvalue weighted by Gasteiger charge is -2.35. The van der Waals surface area contributed by atoms with Crippen LogP contribution >= 0.6 is 11.3 Å². The Morgan fingerprint density at radius 1 is 1.52 bits per heavy atom. The highest BCUT2D eigenvalue weighted by Crippen LogP contribution is 2.24. The maximum atomic E-state index is 12.4. The number of hydrogen-bond acceptors (Lipinski definition) is 5. The van der Waals surface area contributed by atoms with Gasteiger partial charge < -0.3 is 15.1 Å². The molecule has 0 radical (unpaired) electrons. The van der Waals surface area contributed by atoms with E-state index < -0.39 is 0 Å². The summed E-state index contributed by atoms with van der Waals surface area (Å²) in [5.74, 6) is 0.679. The Hall–Kier alpha value is -1.66. The molecule has 1 unspecified atom stereocenters. The highest BCUT2D eigenvalue weighted by Gasteiger charge is 2.26. The predicted octanol–water partition coefficient (Wildman–Crippen LogP) is 2.29. The number of nitrogens with two attached hydrogens (primary N) is 1. The van der Waals surface area contributed by atoms with Crippen molar-refractivity contribution in [2.75, 3.05) is 13.1 Å². The zero-order valence-corrected chi connectivity index (χ0v) is 12.6. The molecule has 112 valence electrons. The van der Waals surface area contributed by atoms with Crippen LogP contribution in [-0.2, 0) is 11.2 Å². The molecule has 21 heavy (non-hydrogen) atoms. The van der Waals surface area contributed by atoms with Crippen LogP contribution in [0.5, 0.6) is 0 Å². The van der Waals surface area contributed by atoms with Gasteiger partial charge in [0.05, 0.1) is 17.0 Å². The topological polar surface area (TPSA) is 72.4 Å². The monoisotopic (exact) mass is 305 g/mol. The Morgan fingerprint density at radius 3 is 3.19 bits per heavy atom. The number of aromatic nitrogens is 1. The molecule has 0 bridgehead atoms. The largest absolute Gasteiger partial charge is 0.444 e. The van der Waals surface area contributed by atoms with Crippen LogP contribution in [0, 0.1) is 0 Å². The predicted molar refractivity (Wildman–Crippen MR) is 81.9 cm³/mol. The fraction of sp³-hybridized carbons (Fsp3) is 0.467. The van der Waals surface area contributed by atoms with Crippen LogP contribution in [0.2, 0.25) is 0 Å². The van der Waals surface area contributed by atoms with E-state index in [1.54, 1.807) is 17.6 Å². The third kappa shape index (κ3) is 3.16. The van der Waals surface area contributed by atoms with Gasteiger partial charge in [-0.25, -0.2) is 4.98 Å². The minimum Gasteiger partial charge on any atom is -0.444 e. The molecule has 0 saturated carbocycles. The maximum absolute atomic E-state index is 12.4. The minimum atomic E-state index is 0.0937. The van der Waals surface area contributed by atoms with Gasteiger partial charge >= 0.3 is 0 Å². The first-order valence-corrected chi connectivity index (χ1v) is 8.13. The molecule has 1 aliphatic heterocycles. The molecule has 0 aromatic carbocycles. The molecule has 3 heterocycles. The summed E-state index contributed by atoms with van der Waals surface area (Å²) < 4.78 is 5.45. The molecule has 2 aromatic heterocycles. The Morgan fingerprint density at radius 2 is 2.43 bits per heavy atom. The average molecular weight is 305 g/mol. The first kappa shape index (κ1) is 14.3. The van der Waals surface area contributed by atoms with Gasteiger partial charge in [0.15, 0.2) is 0 Å². The van der Waals surface area contributed by atoms with Gasteiger partial charge in [0.25, 0.3) is 0 Å². The van der Waals surface area contributed by atoms with Crippen molar-refractivity contribution >= 4 is 17.2 Å². The van der Waals surface area contributed by atoms with Gasteiger partial charge in [0, 0.05) is 19.1 Å². The van der Waals surface area contributed by atoms with Gasteiger partial charge in [0.1, 0.15) is 6.26 Å². The zero-order valence-electron chi connectivity index (χ0n) is 11.8. The molecule has 0 spiro atoms. The summed E-state index contributed by atoms with van der Waals surface area (Å²) in [5.41, 5.74) is 6.45. The molecule has 1 amide bonds. The van der Waals surface area contributed by atoms with Crippen molar-refractivity contribution < 1.29 is 9.21 Å². The molecule has 2 aromatic rings. The molecule has 3 rings (SSSR count). The molecule has 5 nitrogen and oxygen atoms in total. The fourth-order valence-corrected chi connectivity index (χ4v) is 3.39. The van der Waals surface area contributed by atoms with Crippen molar-refractivity contribution in [2.24, 2.45) is 5.73 Å². The van der Waals surface area contributed by atoms with E-state index in [0.29, 0.717) is 18.1 Å². The summed E-state index contributed by atoms with van der Waals surface area (Å²) in [6, 6.07) is 4.08. The standard InChI is InChI=1S/C15H19N3O2S/c16-9-12-4-1-2-6-18(12)14(19)8-11-10-20-15(17-11)13-5-3-7-21-13/h3,5,7,10,12H,1-2,4,6,8-9,16H2. The van der Waals surface area contributed by atoms with Gasteiger partial charge in [-0.3, -0.25) is 4.79 Å². The molecule has 2 N–H and O–H groups in total. The van der Waals surface area contributed by atoms with Crippen LogP contribution in [0.25, 0.3) is 10.8 Å². The molecular formula is C15H19N3O2S. The number of thiophene rings is 1. The summed E-state index contributed by atoms with van der Waals surface area (Å²) >= 11 is 1.57. The summed E-state index contributed by atoms with van der Waals surface area (Å²) in [6.45, 7) is 1.33. The minimum absolute atomic E-state index is 0.0937. The SMILES string of the molecule is NCC1CCCCN1C(=O)Cc1coc(-c2cccs2)n1. The third-order valence-corrected chi connectivity index (χ3v) is 4.69. The molecular weight excluding hydrogens is 286 g/mol. The van der Waals surface area contributed by atoms with Crippen LogP contribution in [0.4, 0.5) is 0 Å². The second kappa shape index (κ2) is 6.41. The Bertz CT molecular complexity index is 594. The van der Waals surface area contributed by atoms with E-state index in [9.17, 15) is 4.79 Å². The van der Waals surface area contributed by atoms with E-state index in [4.69, 9.17) is 10.2 Å². The molecule has 1 fully saturated rings. The van der Waals surface area contributed by atoms with Gasteiger partial charge in [-0.15, -0.1) is 11.3 Å². The van der Waals surface area contributed by atoms with E-state index in [2.05, 4.69) is 4.98 Å². The van der Waals surface area contributed by atoms with Crippen LogP contribution in [0.3, 0.4) is 0 Å². The Balaban J connectivity index is 1.67. The summed E-state index contributed by atoms with van der Waals surface area (Å²) in [7, 11) is 0. The number of carbonyl (C=O) groups is 1. The van der Waals surface area contributed by atoms with Crippen molar-refractivity contribution in [3.05, 3.63) is 29.5 Å². The lowest BCUT2D eigenvalue weighted by Crippen LogP contribution is -2.48. The first-order chi connectivity index (χ1) is 10.3. The quantitative estimate of drug-likeness (QED) is 0.940. The lowest BCUT2D eigenvalue weighted by atomic mass is 10.0. The lowest BCUT2D eigenvalue weighted by molar-refractivity contribution is -0.133. The Kier molecular flexibility index (Phi) is 4.36. The second-order valence-electron chi connectivity index (χ2n) is 5.27. The van der Waals surface area contributed by atoms with Gasteiger partial charge in [0.2, 0.25) is 11.8 Å². The van der Waals surface area contributed by atoms with Crippen LogP contribution < -0.4 is 5.73 Å². The summed E-state index contributed by atoms with van der Waals surface area (Å²) in [5, 5.41) is 1.98. The second-order valence-corrected chi connectivity index (χ2v) is 6.22. The number of carbonyl (C=O) groups excluding carboxylic acids is 1. The summed E-state index contributed by atoms with van der Waals surface area (Å²) in [4.78, 5) is 19.7. The van der Waals surface area contributed by atoms with E-state index in [-0.39, 0.29) is 18.4 Å². The number of amides is 1. The highest BCUT2D eigenvalue weighted by atomic mass is 32.1. The van der Waals surface area contributed by atoms with Gasteiger partial charge in [-0.2, -0.15) is 0 Å². The number of rotatable bonds is 4. The fourth-order valence-electron chi connectivity index (χ4n) is 2.73. The van der Waals surface area contributed by atoms with Crippen molar-refractivity contribution in [1.82, 2.24) is 9.88 Å². The Labute approximate surface area is 127 Å². The van der Waals surface area contributed by atoms with E-state index in [1.165, 1.54) is 0 Å². The summed E-state index contributed by atoms with van der Waals surface area (Å²) in [6.07, 6.45) is 5.07. The first-order valence-electron chi connectivity index (χ1n) is 7.25. The van der Waals surface area contributed by atoms with Crippen LogP contribution in [0.15, 0.2) is 28.2 Å². The smallest absolute Gasteiger partial charge is 0.236 e. The molecule has 1 atom stereocenters.